The molecular formula is C17H14N2O4S2. The highest BCUT2D eigenvalue weighted by atomic mass is 32.2. The van der Waals surface area contributed by atoms with Gasteiger partial charge in [0, 0.05) is 29.8 Å². The first-order valence-corrected chi connectivity index (χ1v) is 8.73. The number of hydrogen-bond donors (Lipinski definition) is 0. The number of carbonyl (C=O) groups excluding carboxylic acids is 1. The van der Waals surface area contributed by atoms with Crippen LogP contribution in [0.3, 0.4) is 0 Å². The monoisotopic (exact) mass is 374 g/mol. The van der Waals surface area contributed by atoms with Crippen LogP contribution >= 0.6 is 24.0 Å². The van der Waals surface area contributed by atoms with Gasteiger partial charge in [0.15, 0.2) is 0 Å². The number of thiocarbonyl (C=S) groups is 1. The number of nitrogens with zero attached hydrogens (tertiary/aromatic N) is 2. The fourth-order valence-corrected chi connectivity index (χ4v) is 3.81. The lowest BCUT2D eigenvalue weighted by atomic mass is 10.1. The summed E-state index contributed by atoms with van der Waals surface area (Å²) >= 11 is 6.41. The van der Waals surface area contributed by atoms with E-state index in [4.69, 9.17) is 16.6 Å². The van der Waals surface area contributed by atoms with E-state index in [0.29, 0.717) is 38.4 Å². The van der Waals surface area contributed by atoms with Crippen molar-refractivity contribution in [3.8, 4) is 11.3 Å². The van der Waals surface area contributed by atoms with Crippen LogP contribution in [-0.2, 0) is 4.79 Å². The van der Waals surface area contributed by atoms with Crippen LogP contribution in [0.15, 0.2) is 39.7 Å². The zero-order valence-electron chi connectivity index (χ0n) is 13.5. The van der Waals surface area contributed by atoms with Crippen molar-refractivity contribution in [3.05, 3.63) is 56.7 Å². The third-order valence-electron chi connectivity index (χ3n) is 3.78. The number of amides is 1. The maximum absolute atomic E-state index is 12.2. The standard InChI is InChI=1S/C17H14N2O4S2/c1-3-18-16(20)15(25-17(18)24)9-12-6-7-14(23-12)11-5-4-10(2)13(8-11)19(21)22/h4-9H,3H2,1-2H3/b15-9-. The van der Waals surface area contributed by atoms with Crippen LogP contribution in [0.1, 0.15) is 18.2 Å². The molecule has 2 heterocycles. The lowest BCUT2D eigenvalue weighted by Crippen LogP contribution is -2.27. The SMILES string of the molecule is CCN1C(=O)/C(=C/c2ccc(-c3ccc(C)c([N+](=O)[O-])c3)o2)SC1=S. The highest BCUT2D eigenvalue weighted by Gasteiger charge is 2.30. The molecule has 1 saturated heterocycles. The molecular weight excluding hydrogens is 360 g/mol. The molecule has 128 valence electrons. The molecule has 1 aliphatic heterocycles. The molecule has 0 unspecified atom stereocenters. The molecule has 0 atom stereocenters. The van der Waals surface area contributed by atoms with E-state index in [0.717, 1.165) is 0 Å². The first-order chi connectivity index (χ1) is 11.9. The lowest BCUT2D eigenvalue weighted by Gasteiger charge is -2.09. The first kappa shape index (κ1) is 17.4. The number of thioether (sulfide) groups is 1. The third-order valence-corrected chi connectivity index (χ3v) is 5.16. The average Bonchev–Trinajstić information content (AvgIpc) is 3.13. The largest absolute Gasteiger partial charge is 0.457 e. The topological polar surface area (TPSA) is 76.6 Å². The Morgan fingerprint density at radius 2 is 2.12 bits per heavy atom. The average molecular weight is 374 g/mol. The van der Waals surface area contributed by atoms with E-state index in [-0.39, 0.29) is 11.6 Å². The zero-order valence-corrected chi connectivity index (χ0v) is 15.1. The molecule has 2 aromatic rings. The summed E-state index contributed by atoms with van der Waals surface area (Å²) in [5.41, 5.74) is 1.24. The molecule has 1 amide bonds. The molecule has 1 aliphatic rings. The second kappa shape index (κ2) is 6.81. The highest BCUT2D eigenvalue weighted by Crippen LogP contribution is 2.34. The number of nitro groups is 1. The molecule has 0 bridgehead atoms. The third kappa shape index (κ3) is 3.35. The van der Waals surface area contributed by atoms with Gasteiger partial charge in [0.05, 0.1) is 9.83 Å². The number of carbonyl (C=O) groups is 1. The van der Waals surface area contributed by atoms with Gasteiger partial charge in [-0.1, -0.05) is 36.1 Å². The normalized spacial score (nSPS) is 16.1. The van der Waals surface area contributed by atoms with Gasteiger partial charge in [-0.05, 0) is 26.0 Å². The second-order valence-corrected chi connectivity index (χ2v) is 7.06. The predicted octanol–water partition coefficient (Wildman–Crippen LogP) is 4.38. The minimum absolute atomic E-state index is 0.0410. The number of aryl methyl sites for hydroxylation is 1. The Labute approximate surface area is 153 Å². The first-order valence-electron chi connectivity index (χ1n) is 7.51. The van der Waals surface area contributed by atoms with E-state index in [9.17, 15) is 14.9 Å². The van der Waals surface area contributed by atoms with E-state index >= 15 is 0 Å². The molecule has 1 aromatic carbocycles. The quantitative estimate of drug-likeness (QED) is 0.342. The van der Waals surface area contributed by atoms with E-state index in [1.54, 1.807) is 37.3 Å². The molecule has 0 radical (unpaired) electrons. The van der Waals surface area contributed by atoms with Crippen molar-refractivity contribution >= 4 is 46.0 Å². The minimum Gasteiger partial charge on any atom is -0.457 e. The summed E-state index contributed by atoms with van der Waals surface area (Å²) in [5, 5.41) is 11.1. The highest BCUT2D eigenvalue weighted by molar-refractivity contribution is 8.26. The minimum atomic E-state index is -0.418. The molecule has 0 N–H and O–H groups in total. The van der Waals surface area contributed by atoms with Gasteiger partial charge in [0.1, 0.15) is 15.8 Å². The Kier molecular flexibility index (Phi) is 4.73. The number of nitro benzene ring substituents is 1. The van der Waals surface area contributed by atoms with Crippen molar-refractivity contribution in [2.24, 2.45) is 0 Å². The predicted molar refractivity (Wildman–Crippen MR) is 101 cm³/mol. The van der Waals surface area contributed by atoms with Gasteiger partial charge < -0.3 is 4.42 Å². The van der Waals surface area contributed by atoms with Gasteiger partial charge in [0.25, 0.3) is 11.6 Å². The van der Waals surface area contributed by atoms with Crippen LogP contribution < -0.4 is 0 Å². The number of likely N-dealkylation sites (N-methyl/N-ethyl adjacent to an activating group) is 1. The van der Waals surface area contributed by atoms with Crippen molar-refractivity contribution in [1.82, 2.24) is 4.90 Å². The fourth-order valence-electron chi connectivity index (χ4n) is 2.45. The van der Waals surface area contributed by atoms with Crippen LogP contribution in [0.4, 0.5) is 5.69 Å². The summed E-state index contributed by atoms with van der Waals surface area (Å²) in [6.07, 6.45) is 1.64. The Morgan fingerprint density at radius 1 is 1.36 bits per heavy atom. The molecule has 1 aromatic heterocycles. The number of benzene rings is 1. The van der Waals surface area contributed by atoms with Gasteiger partial charge in [-0.2, -0.15) is 0 Å². The van der Waals surface area contributed by atoms with E-state index in [2.05, 4.69) is 0 Å². The maximum Gasteiger partial charge on any atom is 0.273 e. The van der Waals surface area contributed by atoms with Crippen LogP contribution in [0, 0.1) is 17.0 Å². The second-order valence-electron chi connectivity index (χ2n) is 5.39. The Bertz CT molecular complexity index is 917. The molecule has 6 nitrogen and oxygen atoms in total. The smallest absolute Gasteiger partial charge is 0.273 e. The molecule has 25 heavy (non-hydrogen) atoms. The van der Waals surface area contributed by atoms with E-state index in [1.165, 1.54) is 22.7 Å². The number of hydrogen-bond acceptors (Lipinski definition) is 6. The Morgan fingerprint density at radius 3 is 2.76 bits per heavy atom. The number of rotatable bonds is 4. The summed E-state index contributed by atoms with van der Waals surface area (Å²) in [5.74, 6) is 0.858. The van der Waals surface area contributed by atoms with Gasteiger partial charge in [-0.15, -0.1) is 0 Å². The maximum atomic E-state index is 12.2. The molecule has 1 fully saturated rings. The van der Waals surface area contributed by atoms with Gasteiger partial charge >= 0.3 is 0 Å². The van der Waals surface area contributed by atoms with Gasteiger partial charge in [-0.3, -0.25) is 19.8 Å². The fraction of sp³-hybridized carbons (Fsp3) is 0.176. The summed E-state index contributed by atoms with van der Waals surface area (Å²) in [4.78, 5) is 24.9. The van der Waals surface area contributed by atoms with E-state index in [1.807, 2.05) is 6.92 Å². The zero-order chi connectivity index (χ0) is 18.1. The molecule has 0 aliphatic carbocycles. The van der Waals surface area contributed by atoms with Crippen LogP contribution in [-0.4, -0.2) is 26.6 Å². The number of furan rings is 1. The Balaban J connectivity index is 1.90. The van der Waals surface area contributed by atoms with Crippen LogP contribution in [0.2, 0.25) is 0 Å². The summed E-state index contributed by atoms with van der Waals surface area (Å²) in [7, 11) is 0. The molecule has 0 saturated carbocycles. The van der Waals surface area contributed by atoms with E-state index < -0.39 is 4.92 Å². The van der Waals surface area contributed by atoms with Crippen molar-refractivity contribution in [2.45, 2.75) is 13.8 Å². The molecule has 3 rings (SSSR count). The van der Waals surface area contributed by atoms with Crippen LogP contribution in [0.25, 0.3) is 17.4 Å². The Hall–Kier alpha value is -2.45. The van der Waals surface area contributed by atoms with Crippen molar-refractivity contribution in [3.63, 3.8) is 0 Å². The molecule has 8 heteroatoms. The van der Waals surface area contributed by atoms with Crippen molar-refractivity contribution in [1.29, 1.82) is 0 Å². The van der Waals surface area contributed by atoms with Gasteiger partial charge in [0.2, 0.25) is 0 Å². The lowest BCUT2D eigenvalue weighted by molar-refractivity contribution is -0.385. The summed E-state index contributed by atoms with van der Waals surface area (Å²) in [6.45, 7) is 4.08. The van der Waals surface area contributed by atoms with Crippen LogP contribution in [0.5, 0.6) is 0 Å². The summed E-state index contributed by atoms with van der Waals surface area (Å²) < 4.78 is 6.26. The summed E-state index contributed by atoms with van der Waals surface area (Å²) in [6, 6.07) is 8.37. The van der Waals surface area contributed by atoms with Crippen molar-refractivity contribution < 1.29 is 14.1 Å². The van der Waals surface area contributed by atoms with Crippen molar-refractivity contribution in [2.75, 3.05) is 6.54 Å². The van der Waals surface area contributed by atoms with Gasteiger partial charge in [-0.25, -0.2) is 0 Å². The molecule has 0 spiro atoms.